The standard InChI is InChI=1S/C17H27N5O3/c1-17(2,3)25-16(24)22-11-5-13(6-12-22)14(23)18-9-10-21-15-19-7-4-8-20-15/h4,7-8,13H,5-6,9-12H2,1-3H3,(H,18,23)(H,19,20,21). The molecule has 1 saturated heterocycles. The molecule has 0 aliphatic carbocycles. The lowest BCUT2D eigenvalue weighted by Crippen LogP contribution is -2.45. The number of amides is 2. The zero-order valence-corrected chi connectivity index (χ0v) is 15.1. The highest BCUT2D eigenvalue weighted by Gasteiger charge is 2.29. The Hall–Kier alpha value is -2.38. The molecule has 1 aliphatic heterocycles. The highest BCUT2D eigenvalue weighted by atomic mass is 16.6. The van der Waals surface area contributed by atoms with Crippen molar-refractivity contribution in [2.75, 3.05) is 31.5 Å². The first-order valence-corrected chi connectivity index (χ1v) is 8.62. The Kier molecular flexibility index (Phi) is 6.55. The first-order chi connectivity index (χ1) is 11.8. The third-order valence-electron chi connectivity index (χ3n) is 3.79. The lowest BCUT2D eigenvalue weighted by atomic mass is 9.96. The van der Waals surface area contributed by atoms with Crippen LogP contribution in [0.15, 0.2) is 18.5 Å². The number of ether oxygens (including phenoxy) is 1. The fraction of sp³-hybridized carbons (Fsp3) is 0.647. The van der Waals surface area contributed by atoms with Crippen LogP contribution in [-0.2, 0) is 9.53 Å². The lowest BCUT2D eigenvalue weighted by Gasteiger charge is -2.32. The summed E-state index contributed by atoms with van der Waals surface area (Å²) in [5, 5.41) is 5.95. The van der Waals surface area contributed by atoms with Crippen LogP contribution in [0.5, 0.6) is 0 Å². The van der Waals surface area contributed by atoms with Gasteiger partial charge in [-0.2, -0.15) is 0 Å². The van der Waals surface area contributed by atoms with Crippen LogP contribution in [0.3, 0.4) is 0 Å². The number of aromatic nitrogens is 2. The smallest absolute Gasteiger partial charge is 0.410 e. The zero-order valence-electron chi connectivity index (χ0n) is 15.1. The Morgan fingerprint density at radius 1 is 1.20 bits per heavy atom. The predicted molar refractivity (Wildman–Crippen MR) is 94.1 cm³/mol. The summed E-state index contributed by atoms with van der Waals surface area (Å²) in [6.07, 6.45) is 4.32. The van der Waals surface area contributed by atoms with Crippen LogP contribution in [0, 0.1) is 5.92 Å². The van der Waals surface area contributed by atoms with Crippen LogP contribution in [0.2, 0.25) is 0 Å². The molecule has 0 radical (unpaired) electrons. The van der Waals surface area contributed by atoms with Gasteiger partial charge in [-0.1, -0.05) is 0 Å². The van der Waals surface area contributed by atoms with Crippen molar-refractivity contribution in [3.8, 4) is 0 Å². The van der Waals surface area contributed by atoms with Gasteiger partial charge in [0.05, 0.1) is 0 Å². The van der Waals surface area contributed by atoms with E-state index in [2.05, 4.69) is 20.6 Å². The molecule has 0 bridgehead atoms. The minimum atomic E-state index is -0.499. The minimum Gasteiger partial charge on any atom is -0.444 e. The van der Waals surface area contributed by atoms with Crippen LogP contribution in [0.1, 0.15) is 33.6 Å². The van der Waals surface area contributed by atoms with E-state index in [0.29, 0.717) is 45.0 Å². The second-order valence-electron chi connectivity index (χ2n) is 7.03. The third-order valence-corrected chi connectivity index (χ3v) is 3.79. The van der Waals surface area contributed by atoms with Gasteiger partial charge in [0.15, 0.2) is 0 Å². The lowest BCUT2D eigenvalue weighted by molar-refractivity contribution is -0.126. The van der Waals surface area contributed by atoms with E-state index in [1.165, 1.54) is 0 Å². The number of anilines is 1. The maximum atomic E-state index is 12.2. The summed E-state index contributed by atoms with van der Waals surface area (Å²) in [6.45, 7) is 7.70. The second-order valence-corrected chi connectivity index (χ2v) is 7.03. The molecule has 0 atom stereocenters. The van der Waals surface area contributed by atoms with E-state index in [0.717, 1.165) is 0 Å². The zero-order chi connectivity index (χ0) is 18.3. The minimum absolute atomic E-state index is 0.0274. The average Bonchev–Trinajstić information content (AvgIpc) is 2.58. The van der Waals surface area contributed by atoms with E-state index in [-0.39, 0.29) is 17.9 Å². The normalized spacial score (nSPS) is 15.6. The number of nitrogens with one attached hydrogen (secondary N) is 2. The fourth-order valence-electron chi connectivity index (χ4n) is 2.55. The van der Waals surface area contributed by atoms with Crippen molar-refractivity contribution < 1.29 is 14.3 Å². The number of carbonyl (C=O) groups is 2. The monoisotopic (exact) mass is 349 g/mol. The van der Waals surface area contributed by atoms with Gasteiger partial charge < -0.3 is 20.3 Å². The molecule has 2 heterocycles. The van der Waals surface area contributed by atoms with E-state index in [9.17, 15) is 9.59 Å². The van der Waals surface area contributed by atoms with Crippen LogP contribution in [-0.4, -0.2) is 58.6 Å². The molecule has 1 fully saturated rings. The highest BCUT2D eigenvalue weighted by Crippen LogP contribution is 2.19. The van der Waals surface area contributed by atoms with Crippen molar-refractivity contribution in [1.82, 2.24) is 20.2 Å². The van der Waals surface area contributed by atoms with Crippen molar-refractivity contribution in [3.05, 3.63) is 18.5 Å². The molecular formula is C17H27N5O3. The summed E-state index contributed by atoms with van der Waals surface area (Å²) < 4.78 is 5.36. The maximum absolute atomic E-state index is 12.2. The molecular weight excluding hydrogens is 322 g/mol. The van der Waals surface area contributed by atoms with Crippen LogP contribution in [0.25, 0.3) is 0 Å². The molecule has 8 nitrogen and oxygen atoms in total. The van der Waals surface area contributed by atoms with E-state index < -0.39 is 5.60 Å². The Morgan fingerprint density at radius 2 is 1.84 bits per heavy atom. The summed E-state index contributed by atoms with van der Waals surface area (Å²) in [7, 11) is 0. The predicted octanol–water partition coefficient (Wildman–Crippen LogP) is 1.65. The Morgan fingerprint density at radius 3 is 2.44 bits per heavy atom. The van der Waals surface area contributed by atoms with Gasteiger partial charge in [-0.25, -0.2) is 14.8 Å². The fourth-order valence-corrected chi connectivity index (χ4v) is 2.55. The quantitative estimate of drug-likeness (QED) is 0.785. The van der Waals surface area contributed by atoms with Crippen molar-refractivity contribution in [3.63, 3.8) is 0 Å². The Bertz CT molecular complexity index is 565. The van der Waals surface area contributed by atoms with Gasteiger partial charge in [-0.15, -0.1) is 0 Å². The SMILES string of the molecule is CC(C)(C)OC(=O)N1CCC(C(=O)NCCNc2ncccn2)CC1. The van der Waals surface area contributed by atoms with Gasteiger partial charge >= 0.3 is 6.09 Å². The molecule has 8 heteroatoms. The van der Waals surface area contributed by atoms with Crippen molar-refractivity contribution >= 4 is 17.9 Å². The Balaban J connectivity index is 1.64. The molecule has 25 heavy (non-hydrogen) atoms. The van der Waals surface area contributed by atoms with Crippen LogP contribution < -0.4 is 10.6 Å². The Labute approximate surface area is 148 Å². The van der Waals surface area contributed by atoms with Gasteiger partial charge in [0.2, 0.25) is 11.9 Å². The van der Waals surface area contributed by atoms with Gasteiger partial charge in [-0.3, -0.25) is 4.79 Å². The van der Waals surface area contributed by atoms with Gasteiger partial charge in [0.1, 0.15) is 5.60 Å². The maximum Gasteiger partial charge on any atom is 0.410 e. The van der Waals surface area contributed by atoms with E-state index >= 15 is 0 Å². The van der Waals surface area contributed by atoms with E-state index in [1.807, 2.05) is 20.8 Å². The number of hydrogen-bond acceptors (Lipinski definition) is 6. The van der Waals surface area contributed by atoms with Gasteiger partial charge in [0, 0.05) is 44.5 Å². The molecule has 2 N–H and O–H groups in total. The molecule has 1 aromatic rings. The first-order valence-electron chi connectivity index (χ1n) is 8.62. The number of hydrogen-bond donors (Lipinski definition) is 2. The average molecular weight is 349 g/mol. The highest BCUT2D eigenvalue weighted by molar-refractivity contribution is 5.79. The molecule has 2 amide bonds. The van der Waals surface area contributed by atoms with E-state index in [4.69, 9.17) is 4.74 Å². The number of piperidine rings is 1. The van der Waals surface area contributed by atoms with Crippen molar-refractivity contribution in [2.45, 2.75) is 39.2 Å². The summed E-state index contributed by atoms with van der Waals surface area (Å²) >= 11 is 0. The first kappa shape index (κ1) is 19.0. The van der Waals surface area contributed by atoms with Gasteiger partial charge in [0.25, 0.3) is 0 Å². The molecule has 1 aromatic heterocycles. The van der Waals surface area contributed by atoms with Crippen LogP contribution >= 0.6 is 0 Å². The number of likely N-dealkylation sites (tertiary alicyclic amines) is 1. The molecule has 0 spiro atoms. The summed E-state index contributed by atoms with van der Waals surface area (Å²) in [5.74, 6) is 0.508. The van der Waals surface area contributed by atoms with Crippen molar-refractivity contribution in [2.24, 2.45) is 5.92 Å². The van der Waals surface area contributed by atoms with E-state index in [1.54, 1.807) is 23.4 Å². The third kappa shape index (κ3) is 6.56. The molecule has 0 saturated carbocycles. The second kappa shape index (κ2) is 8.64. The van der Waals surface area contributed by atoms with Gasteiger partial charge in [-0.05, 0) is 39.7 Å². The molecule has 1 aliphatic rings. The van der Waals surface area contributed by atoms with Crippen LogP contribution in [0.4, 0.5) is 10.7 Å². The summed E-state index contributed by atoms with van der Waals surface area (Å²) in [5.41, 5.74) is -0.499. The molecule has 138 valence electrons. The molecule has 0 aromatic carbocycles. The van der Waals surface area contributed by atoms with Crippen molar-refractivity contribution in [1.29, 1.82) is 0 Å². The molecule has 0 unspecified atom stereocenters. The molecule has 2 rings (SSSR count). The largest absolute Gasteiger partial charge is 0.444 e. The topological polar surface area (TPSA) is 96.5 Å². The summed E-state index contributed by atoms with van der Waals surface area (Å²) in [6, 6.07) is 1.75. The number of nitrogens with zero attached hydrogens (tertiary/aromatic N) is 3. The summed E-state index contributed by atoms with van der Waals surface area (Å²) in [4.78, 5) is 34.0. The number of rotatable bonds is 5. The number of carbonyl (C=O) groups excluding carboxylic acids is 2.